The molecule has 0 atom stereocenters. The first kappa shape index (κ1) is 16.6. The number of carbonyl (C=O) groups is 2. The normalized spacial score (nSPS) is 16.5. The van der Waals surface area contributed by atoms with Crippen LogP contribution in [0.15, 0.2) is 24.4 Å². The Morgan fingerprint density at radius 1 is 1.31 bits per heavy atom. The molecule has 1 aliphatic heterocycles. The predicted molar refractivity (Wildman–Crippen MR) is 96.0 cm³/mol. The van der Waals surface area contributed by atoms with Gasteiger partial charge in [-0.15, -0.1) is 0 Å². The molecule has 26 heavy (non-hydrogen) atoms. The number of hydrogen-bond donors (Lipinski definition) is 1. The van der Waals surface area contributed by atoms with Gasteiger partial charge in [0.15, 0.2) is 0 Å². The Balaban J connectivity index is 1.55. The summed E-state index contributed by atoms with van der Waals surface area (Å²) in [5.41, 5.74) is 2.96. The molecule has 0 spiro atoms. The molecule has 1 aromatic carbocycles. The van der Waals surface area contributed by atoms with E-state index in [9.17, 15) is 9.59 Å². The van der Waals surface area contributed by atoms with Crippen LogP contribution in [0, 0.1) is 12.8 Å². The molecule has 1 fully saturated rings. The summed E-state index contributed by atoms with van der Waals surface area (Å²) in [6.45, 7) is 3.22. The van der Waals surface area contributed by atoms with Crippen LogP contribution in [0.1, 0.15) is 34.5 Å². The highest BCUT2D eigenvalue weighted by atomic mass is 16.5. The van der Waals surface area contributed by atoms with Gasteiger partial charge in [-0.3, -0.25) is 14.3 Å². The summed E-state index contributed by atoms with van der Waals surface area (Å²) in [7, 11) is 1.81. The van der Waals surface area contributed by atoms with E-state index >= 15 is 0 Å². The van der Waals surface area contributed by atoms with E-state index in [-0.39, 0.29) is 17.7 Å². The third-order valence-corrected chi connectivity index (χ3v) is 4.79. The molecular weight excluding hydrogens is 332 g/mol. The highest BCUT2D eigenvalue weighted by Crippen LogP contribution is 2.32. The number of fused-ring (bicyclic) bond motifs is 1. The molecule has 2 amide bonds. The van der Waals surface area contributed by atoms with E-state index in [0.717, 1.165) is 29.8 Å². The van der Waals surface area contributed by atoms with E-state index in [1.807, 2.05) is 25.1 Å². The van der Waals surface area contributed by atoms with Crippen molar-refractivity contribution in [3.63, 3.8) is 0 Å². The molecule has 136 valence electrons. The molecule has 1 saturated carbocycles. The Morgan fingerprint density at radius 3 is 2.81 bits per heavy atom. The van der Waals surface area contributed by atoms with Gasteiger partial charge in [-0.05, 0) is 38.0 Å². The van der Waals surface area contributed by atoms with E-state index in [2.05, 4.69) is 10.4 Å². The number of amides is 2. The van der Waals surface area contributed by atoms with Gasteiger partial charge < -0.3 is 15.0 Å². The maximum Gasteiger partial charge on any atom is 0.257 e. The smallest absolute Gasteiger partial charge is 0.257 e. The van der Waals surface area contributed by atoms with Crippen molar-refractivity contribution in [3.8, 4) is 5.75 Å². The van der Waals surface area contributed by atoms with Gasteiger partial charge >= 0.3 is 0 Å². The van der Waals surface area contributed by atoms with Gasteiger partial charge in [0.1, 0.15) is 12.4 Å². The van der Waals surface area contributed by atoms with E-state index < -0.39 is 0 Å². The van der Waals surface area contributed by atoms with Crippen LogP contribution in [0.5, 0.6) is 5.75 Å². The standard InChI is InChI=1S/C19H22N4O3/c1-12-16(11-22(2)21-12)19(25)23-7-8-26-17-6-5-15(9-14(17)10-23)20-18(24)13-3-4-13/h5-6,9,11,13H,3-4,7-8,10H2,1-2H3,(H,20,24). The monoisotopic (exact) mass is 354 g/mol. The highest BCUT2D eigenvalue weighted by Gasteiger charge is 2.30. The van der Waals surface area contributed by atoms with Gasteiger partial charge in [0, 0.05) is 37.0 Å². The minimum atomic E-state index is -0.0560. The van der Waals surface area contributed by atoms with Crippen molar-refractivity contribution in [2.45, 2.75) is 26.3 Å². The molecule has 1 aromatic heterocycles. The van der Waals surface area contributed by atoms with E-state index in [1.165, 1.54) is 0 Å². The van der Waals surface area contributed by atoms with Crippen molar-refractivity contribution in [2.24, 2.45) is 13.0 Å². The molecule has 1 N–H and O–H groups in total. The topological polar surface area (TPSA) is 76.5 Å². The first-order valence-electron chi connectivity index (χ1n) is 8.87. The Morgan fingerprint density at radius 2 is 2.12 bits per heavy atom. The van der Waals surface area contributed by atoms with Gasteiger partial charge in [-0.25, -0.2) is 0 Å². The van der Waals surface area contributed by atoms with Crippen LogP contribution in [0.3, 0.4) is 0 Å². The van der Waals surface area contributed by atoms with Crippen LogP contribution in [-0.4, -0.2) is 39.6 Å². The summed E-state index contributed by atoms with van der Waals surface area (Å²) >= 11 is 0. The molecule has 0 bridgehead atoms. The van der Waals surface area contributed by atoms with Crippen molar-refractivity contribution in [2.75, 3.05) is 18.5 Å². The second-order valence-electron chi connectivity index (χ2n) is 6.96. The van der Waals surface area contributed by atoms with Crippen LogP contribution in [0.4, 0.5) is 5.69 Å². The van der Waals surface area contributed by atoms with Crippen LogP contribution in [-0.2, 0) is 18.4 Å². The zero-order valence-electron chi connectivity index (χ0n) is 15.0. The third-order valence-electron chi connectivity index (χ3n) is 4.79. The summed E-state index contributed by atoms with van der Waals surface area (Å²) < 4.78 is 7.44. The first-order chi connectivity index (χ1) is 12.5. The number of anilines is 1. The summed E-state index contributed by atoms with van der Waals surface area (Å²) in [4.78, 5) is 26.7. The Hall–Kier alpha value is -2.83. The molecule has 1 aliphatic carbocycles. The summed E-state index contributed by atoms with van der Waals surface area (Å²) in [5, 5.41) is 7.21. The second-order valence-corrected chi connectivity index (χ2v) is 6.96. The Kier molecular flexibility index (Phi) is 4.14. The fourth-order valence-corrected chi connectivity index (χ4v) is 3.22. The number of ether oxygens (including phenoxy) is 1. The number of aryl methyl sites for hydroxylation is 2. The van der Waals surface area contributed by atoms with Gasteiger partial charge in [0.2, 0.25) is 5.91 Å². The maximum absolute atomic E-state index is 12.9. The number of hydrogen-bond acceptors (Lipinski definition) is 4. The molecule has 0 radical (unpaired) electrons. The van der Waals surface area contributed by atoms with Gasteiger partial charge in [0.25, 0.3) is 5.91 Å². The summed E-state index contributed by atoms with van der Waals surface area (Å²) in [6.07, 6.45) is 3.68. The van der Waals surface area contributed by atoms with E-state index in [4.69, 9.17) is 4.74 Å². The number of carbonyl (C=O) groups excluding carboxylic acids is 2. The quantitative estimate of drug-likeness (QED) is 0.916. The van der Waals surface area contributed by atoms with Crippen molar-refractivity contribution in [1.29, 1.82) is 0 Å². The van der Waals surface area contributed by atoms with Crippen molar-refractivity contribution >= 4 is 17.5 Å². The molecule has 2 aromatic rings. The molecular formula is C19H22N4O3. The van der Waals surface area contributed by atoms with Crippen LogP contribution in [0.25, 0.3) is 0 Å². The van der Waals surface area contributed by atoms with Crippen LogP contribution in [0.2, 0.25) is 0 Å². The van der Waals surface area contributed by atoms with Crippen molar-refractivity contribution < 1.29 is 14.3 Å². The molecule has 7 nitrogen and oxygen atoms in total. The lowest BCUT2D eigenvalue weighted by atomic mass is 10.1. The van der Waals surface area contributed by atoms with Gasteiger partial charge in [-0.1, -0.05) is 0 Å². The molecule has 7 heteroatoms. The third kappa shape index (κ3) is 3.29. The van der Waals surface area contributed by atoms with Crippen molar-refractivity contribution in [3.05, 3.63) is 41.2 Å². The molecule has 2 aliphatic rings. The fraction of sp³-hybridized carbons (Fsp3) is 0.421. The average Bonchev–Trinajstić information content (AvgIpc) is 3.41. The molecule has 4 rings (SSSR count). The largest absolute Gasteiger partial charge is 0.491 e. The number of aromatic nitrogens is 2. The minimum absolute atomic E-state index is 0.0560. The lowest BCUT2D eigenvalue weighted by molar-refractivity contribution is -0.117. The lowest BCUT2D eigenvalue weighted by Crippen LogP contribution is -2.32. The average molecular weight is 354 g/mol. The SMILES string of the molecule is Cc1nn(C)cc1C(=O)N1CCOc2ccc(NC(=O)C3CC3)cc2C1. The van der Waals surface area contributed by atoms with Crippen molar-refractivity contribution in [1.82, 2.24) is 14.7 Å². The van der Waals surface area contributed by atoms with Gasteiger partial charge in [-0.2, -0.15) is 5.10 Å². The first-order valence-corrected chi connectivity index (χ1v) is 8.87. The van der Waals surface area contributed by atoms with Crippen LogP contribution < -0.4 is 10.1 Å². The Bertz CT molecular complexity index is 870. The molecule has 0 saturated heterocycles. The number of nitrogens with zero attached hydrogens (tertiary/aromatic N) is 3. The predicted octanol–water partition coefficient (Wildman–Crippen LogP) is 2.11. The Labute approximate surface area is 151 Å². The number of rotatable bonds is 3. The maximum atomic E-state index is 12.9. The van der Waals surface area contributed by atoms with Gasteiger partial charge in [0.05, 0.1) is 17.8 Å². The second kappa shape index (κ2) is 6.48. The number of benzene rings is 1. The van der Waals surface area contributed by atoms with E-state index in [0.29, 0.717) is 31.0 Å². The summed E-state index contributed by atoms with van der Waals surface area (Å²) in [6, 6.07) is 5.61. The lowest BCUT2D eigenvalue weighted by Gasteiger charge is -2.19. The van der Waals surface area contributed by atoms with E-state index in [1.54, 1.807) is 22.8 Å². The van der Waals surface area contributed by atoms with Crippen LogP contribution >= 0.6 is 0 Å². The fourth-order valence-electron chi connectivity index (χ4n) is 3.22. The zero-order chi connectivity index (χ0) is 18.3. The minimum Gasteiger partial charge on any atom is -0.491 e. The molecule has 0 unspecified atom stereocenters. The summed E-state index contributed by atoms with van der Waals surface area (Å²) in [5.74, 6) is 0.919. The number of nitrogens with one attached hydrogen (secondary N) is 1. The molecule has 2 heterocycles. The highest BCUT2D eigenvalue weighted by molar-refractivity contribution is 5.95. The zero-order valence-corrected chi connectivity index (χ0v) is 15.0.